The number of aromatic nitrogens is 2. The number of fused-ring (bicyclic) bond motifs is 1. The summed E-state index contributed by atoms with van der Waals surface area (Å²) in [7, 11) is 0. The summed E-state index contributed by atoms with van der Waals surface area (Å²) < 4.78 is 36.5. The lowest BCUT2D eigenvalue weighted by atomic mass is 9.93. The van der Waals surface area contributed by atoms with Crippen LogP contribution in [0.4, 0.5) is 4.39 Å². The van der Waals surface area contributed by atoms with Crippen molar-refractivity contribution in [1.29, 1.82) is 5.26 Å². The Hall–Kier alpha value is -3.25. The van der Waals surface area contributed by atoms with E-state index in [0.717, 1.165) is 5.39 Å². The number of rotatable bonds is 6. The highest BCUT2D eigenvalue weighted by Gasteiger charge is 2.33. The molecule has 2 atom stereocenters. The van der Waals surface area contributed by atoms with E-state index in [1.54, 1.807) is 36.4 Å². The van der Waals surface area contributed by atoms with E-state index in [1.165, 1.54) is 6.07 Å². The minimum absolute atomic E-state index is 0.223. The predicted molar refractivity (Wildman–Crippen MR) is 126 cm³/mol. The number of nitrogens with zero attached hydrogens (tertiary/aromatic N) is 3. The molecule has 0 aliphatic carbocycles. The zero-order chi connectivity index (χ0) is 23.6. The number of halogens is 1. The van der Waals surface area contributed by atoms with E-state index in [2.05, 4.69) is 14.9 Å². The van der Waals surface area contributed by atoms with Gasteiger partial charge in [0.1, 0.15) is 28.0 Å². The van der Waals surface area contributed by atoms with Crippen molar-refractivity contribution in [2.75, 3.05) is 0 Å². The van der Waals surface area contributed by atoms with Crippen LogP contribution in [0.5, 0.6) is 0 Å². The Bertz CT molecular complexity index is 1330. The first-order valence-electron chi connectivity index (χ1n) is 10.4. The molecule has 2 aromatic heterocycles. The molecular weight excluding hydrogens is 439 g/mol. The molecule has 0 radical (unpaired) electrons. The van der Waals surface area contributed by atoms with Crippen LogP contribution in [0.25, 0.3) is 22.2 Å². The number of benzene rings is 2. The summed E-state index contributed by atoms with van der Waals surface area (Å²) >= 11 is -1.49. The molecule has 1 N–H and O–H groups in total. The second kappa shape index (κ2) is 9.32. The molecule has 6 nitrogen and oxygen atoms in total. The molecule has 0 spiro atoms. The lowest BCUT2D eigenvalue weighted by molar-refractivity contribution is 0.459. The maximum Gasteiger partial charge on any atom is 0.167 e. The first kappa shape index (κ1) is 22.9. The number of pyridine rings is 1. The van der Waals surface area contributed by atoms with Crippen molar-refractivity contribution in [3.63, 3.8) is 0 Å². The Morgan fingerprint density at radius 2 is 1.88 bits per heavy atom. The van der Waals surface area contributed by atoms with Crippen LogP contribution < -0.4 is 4.72 Å². The number of nitrogens with one attached hydrogen (secondary N) is 1. The van der Waals surface area contributed by atoms with E-state index >= 15 is 4.39 Å². The molecule has 2 aromatic carbocycles. The topological polar surface area (TPSA) is 97.8 Å². The van der Waals surface area contributed by atoms with Gasteiger partial charge in [-0.3, -0.25) is 0 Å². The van der Waals surface area contributed by atoms with Crippen molar-refractivity contribution < 1.29 is 13.5 Å². The molecule has 0 saturated heterocycles. The molecule has 8 heteroatoms. The molecule has 2 heterocycles. The molecule has 0 amide bonds. The SMILES string of the molecule is CC(C)(C)[S@+]([O-])NC(Cc1cccc(C#N)n1)c1c(F)cccc1-c1noc2ccccc12. The van der Waals surface area contributed by atoms with Gasteiger partial charge in [-0.15, -0.1) is 4.72 Å². The lowest BCUT2D eigenvalue weighted by Crippen LogP contribution is -2.42. The Labute approximate surface area is 194 Å². The van der Waals surface area contributed by atoms with E-state index in [0.29, 0.717) is 28.1 Å². The average molecular weight is 463 g/mol. The summed E-state index contributed by atoms with van der Waals surface area (Å²) in [6.45, 7) is 5.53. The minimum Gasteiger partial charge on any atom is -0.598 e. The largest absolute Gasteiger partial charge is 0.598 e. The standard InChI is InChI=1S/C25H23FN4O2S/c1-25(2,3)33(31)30-21(14-16-8-6-9-17(15-27)28-16)23-19(11-7-12-20(23)26)24-18-10-4-5-13-22(18)32-29-24/h4-13,21,30H,14H2,1-3H3/t21?,33-/m0/s1. The molecular formula is C25H23FN4O2S. The molecule has 168 valence electrons. The van der Waals surface area contributed by atoms with Crippen LogP contribution in [0.15, 0.2) is 65.2 Å². The van der Waals surface area contributed by atoms with Crippen molar-refractivity contribution in [2.24, 2.45) is 0 Å². The van der Waals surface area contributed by atoms with E-state index in [4.69, 9.17) is 4.52 Å². The molecule has 0 bridgehead atoms. The molecule has 1 unspecified atom stereocenters. The molecule has 0 fully saturated rings. The van der Waals surface area contributed by atoms with Gasteiger partial charge < -0.3 is 9.08 Å². The van der Waals surface area contributed by atoms with Crippen LogP contribution in [0.1, 0.15) is 43.8 Å². The fraction of sp³-hybridized carbons (Fsp3) is 0.240. The number of hydrogen-bond donors (Lipinski definition) is 1. The Balaban J connectivity index is 1.85. The van der Waals surface area contributed by atoms with Gasteiger partial charge in [-0.2, -0.15) is 5.26 Å². The lowest BCUT2D eigenvalue weighted by Gasteiger charge is -2.29. The monoisotopic (exact) mass is 462 g/mol. The average Bonchev–Trinajstić information content (AvgIpc) is 3.22. The van der Waals surface area contributed by atoms with Gasteiger partial charge in [0.15, 0.2) is 5.58 Å². The third-order valence-electron chi connectivity index (χ3n) is 5.17. The van der Waals surface area contributed by atoms with Gasteiger partial charge in [0.2, 0.25) is 0 Å². The van der Waals surface area contributed by atoms with Crippen molar-refractivity contribution in [2.45, 2.75) is 38.0 Å². The summed E-state index contributed by atoms with van der Waals surface area (Å²) in [5.74, 6) is -0.459. The summed E-state index contributed by atoms with van der Waals surface area (Å²) in [5, 5.41) is 14.2. The number of para-hydroxylation sites is 1. The van der Waals surface area contributed by atoms with Crippen LogP contribution in [0, 0.1) is 17.1 Å². The van der Waals surface area contributed by atoms with Crippen molar-refractivity contribution in [3.05, 3.63) is 83.4 Å². The molecule has 0 aliphatic rings. The summed E-state index contributed by atoms with van der Waals surface area (Å²) in [6.07, 6.45) is 0.223. The fourth-order valence-electron chi connectivity index (χ4n) is 3.55. The van der Waals surface area contributed by atoms with E-state index in [1.807, 2.05) is 45.0 Å². The second-order valence-corrected chi connectivity index (χ2v) is 10.6. The first-order valence-corrected chi connectivity index (χ1v) is 11.6. The first-order chi connectivity index (χ1) is 15.8. The van der Waals surface area contributed by atoms with Gasteiger partial charge in [-0.1, -0.05) is 35.5 Å². The quantitative estimate of drug-likeness (QED) is 0.394. The zero-order valence-electron chi connectivity index (χ0n) is 18.5. The zero-order valence-corrected chi connectivity index (χ0v) is 19.3. The fourth-order valence-corrected chi connectivity index (χ4v) is 4.36. The minimum atomic E-state index is -1.49. The van der Waals surface area contributed by atoms with Crippen molar-refractivity contribution in [1.82, 2.24) is 14.9 Å². The maximum absolute atomic E-state index is 15.4. The van der Waals surface area contributed by atoms with Gasteiger partial charge in [0.05, 0.1) is 6.04 Å². The van der Waals surface area contributed by atoms with E-state index in [-0.39, 0.29) is 12.1 Å². The predicted octanol–water partition coefficient (Wildman–Crippen LogP) is 5.24. The highest BCUT2D eigenvalue weighted by Crippen LogP contribution is 2.36. The van der Waals surface area contributed by atoms with Gasteiger partial charge in [0.25, 0.3) is 0 Å². The van der Waals surface area contributed by atoms with Gasteiger partial charge >= 0.3 is 0 Å². The number of nitriles is 1. The molecule has 4 rings (SSSR count). The summed E-state index contributed by atoms with van der Waals surface area (Å²) in [5.41, 5.74) is 2.80. The maximum atomic E-state index is 15.4. The van der Waals surface area contributed by atoms with Crippen LogP contribution in [-0.4, -0.2) is 19.4 Å². The Kier molecular flexibility index (Phi) is 6.47. The van der Waals surface area contributed by atoms with Crippen molar-refractivity contribution in [3.8, 4) is 17.3 Å². The Morgan fingerprint density at radius 3 is 2.64 bits per heavy atom. The van der Waals surface area contributed by atoms with Crippen LogP contribution in [-0.2, 0) is 17.8 Å². The van der Waals surface area contributed by atoms with Gasteiger partial charge in [-0.25, -0.2) is 9.37 Å². The van der Waals surface area contributed by atoms with Gasteiger partial charge in [0, 0.05) is 40.0 Å². The smallest absolute Gasteiger partial charge is 0.167 e. The van der Waals surface area contributed by atoms with Crippen LogP contribution in [0.2, 0.25) is 0 Å². The van der Waals surface area contributed by atoms with Crippen LogP contribution >= 0.6 is 0 Å². The second-order valence-electron chi connectivity index (χ2n) is 8.61. The summed E-state index contributed by atoms with van der Waals surface area (Å²) in [6, 6.07) is 18.6. The molecule has 33 heavy (non-hydrogen) atoms. The third kappa shape index (κ3) is 4.91. The number of hydrogen-bond acceptors (Lipinski definition) is 6. The van der Waals surface area contributed by atoms with Crippen LogP contribution in [0.3, 0.4) is 0 Å². The highest BCUT2D eigenvalue weighted by molar-refractivity contribution is 7.90. The summed E-state index contributed by atoms with van der Waals surface area (Å²) in [4.78, 5) is 4.34. The van der Waals surface area contributed by atoms with E-state index < -0.39 is 28.0 Å². The van der Waals surface area contributed by atoms with Crippen molar-refractivity contribution >= 4 is 22.3 Å². The highest BCUT2D eigenvalue weighted by atomic mass is 32.2. The van der Waals surface area contributed by atoms with Gasteiger partial charge in [-0.05, 0) is 51.1 Å². The normalized spacial score (nSPS) is 13.6. The van der Waals surface area contributed by atoms with E-state index in [9.17, 15) is 9.81 Å². The Morgan fingerprint density at radius 1 is 1.12 bits per heavy atom. The molecule has 0 aliphatic heterocycles. The third-order valence-corrected chi connectivity index (χ3v) is 6.78. The molecule has 4 aromatic rings. The molecule has 0 saturated carbocycles.